The number of ether oxygens (including phenoxy) is 2. The van der Waals surface area contributed by atoms with Crippen LogP contribution in [0.5, 0.6) is 5.88 Å². The zero-order valence-corrected chi connectivity index (χ0v) is 20.6. The second kappa shape index (κ2) is 9.10. The summed E-state index contributed by atoms with van der Waals surface area (Å²) in [6.45, 7) is 5.77. The first-order chi connectivity index (χ1) is 16.8. The highest BCUT2D eigenvalue weighted by Crippen LogP contribution is 2.35. The molecule has 186 valence electrons. The summed E-state index contributed by atoms with van der Waals surface area (Å²) in [6.07, 6.45) is 3.90. The minimum Gasteiger partial charge on any atom is -0.476 e. The molecule has 2 aromatic heterocycles. The summed E-state index contributed by atoms with van der Waals surface area (Å²) in [4.78, 5) is 21.2. The molecule has 5 rings (SSSR count). The van der Waals surface area contributed by atoms with Crippen molar-refractivity contribution in [2.75, 3.05) is 45.7 Å². The summed E-state index contributed by atoms with van der Waals surface area (Å²) >= 11 is 0. The van der Waals surface area contributed by atoms with Gasteiger partial charge in [0.1, 0.15) is 18.4 Å². The number of amides is 1. The van der Waals surface area contributed by atoms with E-state index in [1.54, 1.807) is 42.7 Å². The third kappa shape index (κ3) is 4.33. The third-order valence-corrected chi connectivity index (χ3v) is 6.83. The Morgan fingerprint density at radius 1 is 1.37 bits per heavy atom. The number of hydrogen-bond donors (Lipinski definition) is 2. The van der Waals surface area contributed by atoms with Gasteiger partial charge in [-0.25, -0.2) is 4.52 Å². The Morgan fingerprint density at radius 2 is 2.20 bits per heavy atom. The maximum absolute atomic E-state index is 12.8. The first kappa shape index (κ1) is 23.5. The maximum Gasteiger partial charge on any atom is 0.253 e. The molecule has 2 aliphatic rings. The largest absolute Gasteiger partial charge is 0.476 e. The molecule has 4 bridgehead atoms. The maximum atomic E-state index is 12.8. The second-order valence-electron chi connectivity index (χ2n) is 9.45. The van der Waals surface area contributed by atoms with Crippen LogP contribution in [0.15, 0.2) is 36.7 Å². The molecule has 3 atom stereocenters. The number of carbonyl (C=O) groups is 1. The van der Waals surface area contributed by atoms with Crippen LogP contribution in [0.2, 0.25) is 0 Å². The van der Waals surface area contributed by atoms with E-state index in [1.807, 2.05) is 36.2 Å². The summed E-state index contributed by atoms with van der Waals surface area (Å²) < 4.78 is 13.7. The quantitative estimate of drug-likeness (QED) is 0.587. The number of nitrogens with zero attached hydrogens (tertiary/aromatic N) is 5. The van der Waals surface area contributed by atoms with Crippen LogP contribution in [-0.4, -0.2) is 93.7 Å². The minimum absolute atomic E-state index is 0.0501. The monoisotopic (exact) mass is 480 g/mol. The van der Waals surface area contributed by atoms with Crippen molar-refractivity contribution < 1.29 is 19.4 Å². The number of benzene rings is 1. The minimum atomic E-state index is -1.13. The lowest BCUT2D eigenvalue weighted by molar-refractivity contribution is -0.150. The van der Waals surface area contributed by atoms with Crippen molar-refractivity contribution in [1.29, 1.82) is 0 Å². The Hall–Kier alpha value is -3.21. The Labute approximate surface area is 204 Å². The SMILES string of the molecule is CCO[C@@H]1C[C@H]2COc3ccn4ncc(c4n3)-c3cc(cc(C(=O)N(C)C)c3)NCCN2C1(C)O. The van der Waals surface area contributed by atoms with Crippen LogP contribution in [0.4, 0.5) is 5.69 Å². The average Bonchev–Trinajstić information content (AvgIpc) is 3.35. The fourth-order valence-electron chi connectivity index (χ4n) is 5.05. The van der Waals surface area contributed by atoms with Crippen LogP contribution in [0.25, 0.3) is 16.8 Å². The van der Waals surface area contributed by atoms with Gasteiger partial charge in [-0.2, -0.15) is 10.1 Å². The van der Waals surface area contributed by atoms with Gasteiger partial charge in [-0.1, -0.05) is 0 Å². The number of aromatic nitrogens is 3. The summed E-state index contributed by atoms with van der Waals surface area (Å²) in [5.41, 5.74) is 2.53. The zero-order chi connectivity index (χ0) is 24.7. The van der Waals surface area contributed by atoms with Crippen LogP contribution >= 0.6 is 0 Å². The van der Waals surface area contributed by atoms with Gasteiger partial charge >= 0.3 is 0 Å². The Morgan fingerprint density at radius 3 is 2.97 bits per heavy atom. The molecule has 10 nitrogen and oxygen atoms in total. The molecule has 0 radical (unpaired) electrons. The molecule has 0 saturated carbocycles. The van der Waals surface area contributed by atoms with Gasteiger partial charge in [0.05, 0.1) is 6.20 Å². The van der Waals surface area contributed by atoms with Crippen LogP contribution in [0, 0.1) is 0 Å². The molecule has 10 heteroatoms. The van der Waals surface area contributed by atoms with E-state index in [-0.39, 0.29) is 18.1 Å². The molecule has 0 spiro atoms. The highest BCUT2D eigenvalue weighted by molar-refractivity contribution is 5.97. The van der Waals surface area contributed by atoms with Crippen molar-refractivity contribution in [1.82, 2.24) is 24.4 Å². The number of aliphatic hydroxyl groups is 1. The second-order valence-corrected chi connectivity index (χ2v) is 9.45. The molecule has 3 aromatic rings. The van der Waals surface area contributed by atoms with E-state index in [9.17, 15) is 9.90 Å². The van der Waals surface area contributed by atoms with E-state index in [1.165, 1.54) is 0 Å². The van der Waals surface area contributed by atoms with Crippen molar-refractivity contribution in [3.63, 3.8) is 0 Å². The van der Waals surface area contributed by atoms with E-state index in [0.717, 1.165) is 16.8 Å². The van der Waals surface area contributed by atoms with Gasteiger partial charge in [0, 0.05) is 68.9 Å². The number of nitrogens with one attached hydrogen (secondary N) is 1. The van der Waals surface area contributed by atoms with E-state index >= 15 is 0 Å². The number of anilines is 1. The lowest BCUT2D eigenvalue weighted by Gasteiger charge is -2.36. The molecule has 1 amide bonds. The number of hydrogen-bond acceptors (Lipinski definition) is 8. The molecular formula is C25H32N6O4. The normalized spacial score (nSPS) is 24.5. The van der Waals surface area contributed by atoms with Crippen molar-refractivity contribution in [3.8, 4) is 17.0 Å². The van der Waals surface area contributed by atoms with Gasteiger partial charge in [-0.3, -0.25) is 9.69 Å². The summed E-state index contributed by atoms with van der Waals surface area (Å²) in [6, 6.07) is 7.44. The smallest absolute Gasteiger partial charge is 0.253 e. The molecule has 4 heterocycles. The van der Waals surface area contributed by atoms with Crippen LogP contribution in [-0.2, 0) is 4.74 Å². The molecule has 35 heavy (non-hydrogen) atoms. The van der Waals surface area contributed by atoms with E-state index in [0.29, 0.717) is 49.8 Å². The summed E-state index contributed by atoms with van der Waals surface area (Å²) in [7, 11) is 3.47. The van der Waals surface area contributed by atoms with E-state index in [4.69, 9.17) is 14.5 Å². The summed E-state index contributed by atoms with van der Waals surface area (Å²) in [5, 5.41) is 19.2. The molecule has 1 saturated heterocycles. The van der Waals surface area contributed by atoms with Crippen molar-refractivity contribution in [2.24, 2.45) is 0 Å². The fraction of sp³-hybridized carbons (Fsp3) is 0.480. The summed E-state index contributed by atoms with van der Waals surface area (Å²) in [5.74, 6) is 0.390. The topological polar surface area (TPSA) is 104 Å². The van der Waals surface area contributed by atoms with Crippen molar-refractivity contribution in [2.45, 2.75) is 38.1 Å². The molecule has 1 fully saturated rings. The van der Waals surface area contributed by atoms with Gasteiger partial charge < -0.3 is 24.8 Å². The molecule has 0 aliphatic carbocycles. The highest BCUT2D eigenvalue weighted by Gasteiger charge is 2.49. The molecular weight excluding hydrogens is 448 g/mol. The highest BCUT2D eigenvalue weighted by atomic mass is 16.5. The predicted molar refractivity (Wildman–Crippen MR) is 132 cm³/mol. The predicted octanol–water partition coefficient (Wildman–Crippen LogP) is 2.09. The van der Waals surface area contributed by atoms with Gasteiger partial charge in [-0.05, 0) is 44.0 Å². The fourth-order valence-corrected chi connectivity index (χ4v) is 5.05. The molecule has 1 aromatic carbocycles. The van der Waals surface area contributed by atoms with Gasteiger partial charge in [-0.15, -0.1) is 0 Å². The number of rotatable bonds is 3. The number of fused-ring (bicyclic) bond motifs is 5. The lowest BCUT2D eigenvalue weighted by Crippen LogP contribution is -2.52. The van der Waals surface area contributed by atoms with Crippen molar-refractivity contribution in [3.05, 3.63) is 42.2 Å². The van der Waals surface area contributed by atoms with E-state index < -0.39 is 5.72 Å². The first-order valence-corrected chi connectivity index (χ1v) is 12.0. The Bertz CT molecular complexity index is 1240. The van der Waals surface area contributed by atoms with E-state index in [2.05, 4.69) is 10.4 Å². The average molecular weight is 481 g/mol. The standard InChI is InChI=1S/C25H32N6O4/c1-5-34-21-13-19-15-35-22-6-8-31-23(28-22)20(14-27-31)16-10-17(24(32)29(3)4)12-18(11-16)26-7-9-30(19)25(21,2)33/h6,8,10-12,14,19,21,26,33H,5,7,9,13,15H2,1-4H3/t19-,21+,25?/m0/s1. The molecule has 2 aliphatic heterocycles. The van der Waals surface area contributed by atoms with Gasteiger partial charge in [0.25, 0.3) is 5.91 Å². The van der Waals surface area contributed by atoms with Crippen LogP contribution in [0.1, 0.15) is 30.6 Å². The van der Waals surface area contributed by atoms with Gasteiger partial charge in [0.15, 0.2) is 5.65 Å². The molecule has 2 N–H and O–H groups in total. The number of carbonyl (C=O) groups excluding carboxylic acids is 1. The van der Waals surface area contributed by atoms with Crippen LogP contribution in [0.3, 0.4) is 0 Å². The first-order valence-electron chi connectivity index (χ1n) is 12.0. The Balaban J connectivity index is 1.58. The lowest BCUT2D eigenvalue weighted by atomic mass is 10.0. The van der Waals surface area contributed by atoms with Gasteiger partial charge in [0.2, 0.25) is 5.88 Å². The van der Waals surface area contributed by atoms with Crippen molar-refractivity contribution >= 4 is 17.2 Å². The van der Waals surface area contributed by atoms with Crippen LogP contribution < -0.4 is 10.1 Å². The third-order valence-electron chi connectivity index (χ3n) is 6.83. The Kier molecular flexibility index (Phi) is 6.12. The molecule has 1 unspecified atom stereocenters. The zero-order valence-electron chi connectivity index (χ0n) is 20.6.